The van der Waals surface area contributed by atoms with Crippen LogP contribution in [0.25, 0.3) is 10.9 Å². The number of aryl methyl sites for hydroxylation is 1. The molecule has 146 valence electrons. The highest BCUT2D eigenvalue weighted by molar-refractivity contribution is 8.02. The molecule has 1 aromatic heterocycles. The molecule has 1 aliphatic heterocycles. The molecule has 2 amide bonds. The van der Waals surface area contributed by atoms with Gasteiger partial charge in [0.05, 0.1) is 10.9 Å². The van der Waals surface area contributed by atoms with E-state index in [-0.39, 0.29) is 5.56 Å². The van der Waals surface area contributed by atoms with Crippen LogP contribution >= 0.6 is 11.8 Å². The summed E-state index contributed by atoms with van der Waals surface area (Å²) in [6.07, 6.45) is 2.99. The van der Waals surface area contributed by atoms with Crippen LogP contribution in [-0.4, -0.2) is 21.4 Å². The molecule has 2 N–H and O–H groups in total. The van der Waals surface area contributed by atoms with Gasteiger partial charge in [-0.05, 0) is 42.2 Å². The summed E-state index contributed by atoms with van der Waals surface area (Å²) in [7, 11) is 0. The molecule has 2 aromatic carbocycles. The molecule has 0 unspecified atom stereocenters. The topological polar surface area (TPSA) is 93.1 Å². The molecule has 0 radical (unpaired) electrons. The van der Waals surface area contributed by atoms with Gasteiger partial charge in [-0.25, -0.2) is 4.98 Å². The quantitative estimate of drug-likeness (QED) is 0.394. The van der Waals surface area contributed by atoms with Gasteiger partial charge in [-0.1, -0.05) is 30.0 Å². The maximum Gasteiger partial charge on any atom is 0.269 e. The van der Waals surface area contributed by atoms with Gasteiger partial charge in [-0.2, -0.15) is 0 Å². The van der Waals surface area contributed by atoms with E-state index in [1.165, 1.54) is 17.8 Å². The molecule has 0 fully saturated rings. The van der Waals surface area contributed by atoms with Crippen molar-refractivity contribution in [2.45, 2.75) is 24.3 Å². The van der Waals surface area contributed by atoms with Gasteiger partial charge in [0.2, 0.25) is 0 Å². The summed E-state index contributed by atoms with van der Waals surface area (Å²) in [5.41, 5.74) is 5.43. The molecule has 0 bridgehead atoms. The average Bonchev–Trinajstić information content (AvgIpc) is 3.21. The number of nitrogens with one attached hydrogen (secondary N) is 2. The second-order valence-electron chi connectivity index (χ2n) is 6.50. The Morgan fingerprint density at radius 1 is 1.10 bits per heavy atom. The maximum atomic E-state index is 12.5. The number of carbonyl (C=O) groups excluding carboxylic acids is 2. The molecule has 3 aromatic rings. The lowest BCUT2D eigenvalue weighted by atomic mass is 10.1. The zero-order valence-corrected chi connectivity index (χ0v) is 16.2. The van der Waals surface area contributed by atoms with Crippen LogP contribution in [0.3, 0.4) is 0 Å². The third-order valence-electron chi connectivity index (χ3n) is 4.54. The molecule has 8 heteroatoms. The molecule has 0 aliphatic carbocycles. The average molecular weight is 406 g/mol. The van der Waals surface area contributed by atoms with Gasteiger partial charge >= 0.3 is 0 Å². The fourth-order valence-corrected chi connectivity index (χ4v) is 3.79. The summed E-state index contributed by atoms with van der Waals surface area (Å²) in [6, 6.07) is 14.3. The molecule has 2 heterocycles. The lowest BCUT2D eigenvalue weighted by molar-refractivity contribution is -0.117. The van der Waals surface area contributed by atoms with Gasteiger partial charge in [0.1, 0.15) is 5.82 Å². The minimum atomic E-state index is -0.480. The summed E-state index contributed by atoms with van der Waals surface area (Å²) in [5, 5.41) is 2.13. The predicted octanol–water partition coefficient (Wildman–Crippen LogP) is 2.41. The Bertz CT molecular complexity index is 1170. The number of thioether (sulfide) groups is 1. The number of carbonyl (C=O) groups is 2. The van der Waals surface area contributed by atoms with Crippen molar-refractivity contribution in [3.05, 3.63) is 81.8 Å². The van der Waals surface area contributed by atoms with Crippen molar-refractivity contribution in [1.82, 2.24) is 20.4 Å². The first-order chi connectivity index (χ1) is 14.1. The highest BCUT2D eigenvalue weighted by Gasteiger charge is 2.17. The predicted molar refractivity (Wildman–Crippen MR) is 111 cm³/mol. The third-order valence-corrected chi connectivity index (χ3v) is 5.36. The molecule has 4 rings (SSSR count). The summed E-state index contributed by atoms with van der Waals surface area (Å²) in [6.45, 7) is 0.682. The van der Waals surface area contributed by atoms with Gasteiger partial charge in [0, 0.05) is 29.5 Å². The van der Waals surface area contributed by atoms with E-state index >= 15 is 0 Å². The number of hydrogen-bond donors (Lipinski definition) is 2. The number of nitrogens with zero attached hydrogens (tertiary/aromatic N) is 2. The van der Waals surface area contributed by atoms with E-state index in [4.69, 9.17) is 0 Å². The van der Waals surface area contributed by atoms with Crippen molar-refractivity contribution in [2.24, 2.45) is 0 Å². The van der Waals surface area contributed by atoms with Crippen molar-refractivity contribution < 1.29 is 9.59 Å². The van der Waals surface area contributed by atoms with E-state index in [0.29, 0.717) is 23.0 Å². The minimum absolute atomic E-state index is 0.0798. The first kappa shape index (κ1) is 18.9. The first-order valence-corrected chi connectivity index (χ1v) is 10.0. The Labute approximate surface area is 170 Å². The fraction of sp³-hybridized carbons (Fsp3) is 0.143. The standard InChI is InChI=1S/C21H18N4O3S/c26-19(10-12-29-15-5-2-1-3-6-15)23-24-20(27)14-8-9-16-17(13-14)22-18-7-4-11-25(18)21(16)28/h1-3,5-6,8-10,12-13H,4,7,11H2,(H,23,26)(H,24,27)/b12-10+. The van der Waals surface area contributed by atoms with E-state index in [2.05, 4.69) is 15.8 Å². The van der Waals surface area contributed by atoms with Crippen LogP contribution in [0.5, 0.6) is 0 Å². The molecule has 7 nitrogen and oxygen atoms in total. The van der Waals surface area contributed by atoms with Gasteiger partial charge in [-0.3, -0.25) is 29.8 Å². The molecular weight excluding hydrogens is 388 g/mol. The summed E-state index contributed by atoms with van der Waals surface area (Å²) in [5.74, 6) is -0.182. The van der Waals surface area contributed by atoms with E-state index < -0.39 is 11.8 Å². The van der Waals surface area contributed by atoms with Crippen LogP contribution in [0.2, 0.25) is 0 Å². The second-order valence-corrected chi connectivity index (χ2v) is 7.48. The normalized spacial score (nSPS) is 12.8. The number of hydrazine groups is 1. The van der Waals surface area contributed by atoms with Crippen LogP contribution < -0.4 is 16.4 Å². The van der Waals surface area contributed by atoms with Crippen molar-refractivity contribution in [1.29, 1.82) is 0 Å². The van der Waals surface area contributed by atoms with Gasteiger partial charge in [0.15, 0.2) is 0 Å². The Morgan fingerprint density at radius 2 is 1.93 bits per heavy atom. The van der Waals surface area contributed by atoms with Crippen LogP contribution in [0, 0.1) is 0 Å². The summed E-state index contributed by atoms with van der Waals surface area (Å²) in [4.78, 5) is 42.2. The lowest BCUT2D eigenvalue weighted by Crippen LogP contribution is -2.40. The van der Waals surface area contributed by atoms with Gasteiger partial charge in [-0.15, -0.1) is 0 Å². The van der Waals surface area contributed by atoms with Crippen LogP contribution in [0.1, 0.15) is 22.6 Å². The largest absolute Gasteiger partial charge is 0.296 e. The molecule has 0 atom stereocenters. The zero-order chi connectivity index (χ0) is 20.2. The Morgan fingerprint density at radius 3 is 2.76 bits per heavy atom. The van der Waals surface area contributed by atoms with Crippen LogP contribution in [-0.2, 0) is 17.8 Å². The van der Waals surface area contributed by atoms with E-state index in [9.17, 15) is 14.4 Å². The van der Waals surface area contributed by atoms with Gasteiger partial charge in [0.25, 0.3) is 17.4 Å². The maximum absolute atomic E-state index is 12.5. The third kappa shape index (κ3) is 4.22. The van der Waals surface area contributed by atoms with E-state index in [0.717, 1.165) is 23.6 Å². The van der Waals surface area contributed by atoms with Crippen LogP contribution in [0.4, 0.5) is 0 Å². The van der Waals surface area contributed by atoms with Crippen molar-refractivity contribution in [3.8, 4) is 0 Å². The highest BCUT2D eigenvalue weighted by atomic mass is 32.2. The zero-order valence-electron chi connectivity index (χ0n) is 15.4. The molecule has 0 saturated carbocycles. The molecule has 1 aliphatic rings. The smallest absolute Gasteiger partial charge is 0.269 e. The highest BCUT2D eigenvalue weighted by Crippen LogP contribution is 2.18. The summed E-state index contributed by atoms with van der Waals surface area (Å²) < 4.78 is 1.68. The Hall–Kier alpha value is -3.39. The summed E-state index contributed by atoms with van der Waals surface area (Å²) >= 11 is 1.40. The molecule has 29 heavy (non-hydrogen) atoms. The number of amides is 2. The Balaban J connectivity index is 1.39. The molecule has 0 spiro atoms. The number of aromatic nitrogens is 2. The van der Waals surface area contributed by atoms with Crippen molar-refractivity contribution in [3.63, 3.8) is 0 Å². The number of rotatable bonds is 4. The number of hydrogen-bond acceptors (Lipinski definition) is 5. The minimum Gasteiger partial charge on any atom is -0.296 e. The number of benzene rings is 2. The first-order valence-electron chi connectivity index (χ1n) is 9.14. The van der Waals surface area contributed by atoms with Gasteiger partial charge < -0.3 is 0 Å². The lowest BCUT2D eigenvalue weighted by Gasteiger charge is -2.08. The second kappa shape index (κ2) is 8.32. The molecule has 0 saturated heterocycles. The van der Waals surface area contributed by atoms with E-state index in [1.807, 2.05) is 30.3 Å². The Kier molecular flexibility index (Phi) is 5.44. The number of fused-ring (bicyclic) bond motifs is 2. The van der Waals surface area contributed by atoms with Crippen LogP contribution in [0.15, 0.2) is 69.7 Å². The monoisotopic (exact) mass is 406 g/mol. The fourth-order valence-electron chi connectivity index (χ4n) is 3.13. The SMILES string of the molecule is O=C(/C=C/Sc1ccccc1)NNC(=O)c1ccc2c(=O)n3c(nc2c1)CCC3. The molecular formula is C21H18N4O3S. The van der Waals surface area contributed by atoms with Crippen molar-refractivity contribution >= 4 is 34.5 Å². The van der Waals surface area contributed by atoms with E-state index in [1.54, 1.807) is 28.2 Å². The van der Waals surface area contributed by atoms with Crippen molar-refractivity contribution in [2.75, 3.05) is 0 Å².